The Bertz CT molecular complexity index is 262. The summed E-state index contributed by atoms with van der Waals surface area (Å²) < 4.78 is 0. The van der Waals surface area contributed by atoms with Gasteiger partial charge in [-0.25, -0.2) is 0 Å². The van der Waals surface area contributed by atoms with Gasteiger partial charge in [-0.05, 0) is 39.8 Å². The van der Waals surface area contributed by atoms with E-state index in [-0.39, 0.29) is 5.91 Å². The highest BCUT2D eigenvalue weighted by atomic mass is 16.2. The third kappa shape index (κ3) is 4.94. The molecule has 1 aliphatic carbocycles. The number of carbonyl (C=O) groups excluding carboxylic acids is 1. The molecule has 0 spiro atoms. The van der Waals surface area contributed by atoms with Crippen LogP contribution in [0.25, 0.3) is 0 Å². The molecule has 4 heteroatoms. The lowest BCUT2D eigenvalue weighted by Gasteiger charge is -2.27. The van der Waals surface area contributed by atoms with Gasteiger partial charge >= 0.3 is 0 Å². The van der Waals surface area contributed by atoms with Crippen molar-refractivity contribution in [3.05, 3.63) is 0 Å². The quantitative estimate of drug-likeness (QED) is 0.707. The molecule has 0 aromatic carbocycles. The molecule has 1 fully saturated rings. The van der Waals surface area contributed by atoms with Crippen LogP contribution in [-0.2, 0) is 4.79 Å². The van der Waals surface area contributed by atoms with Crippen LogP contribution in [0.2, 0.25) is 0 Å². The maximum Gasteiger partial charge on any atom is 0.236 e. The first-order valence-corrected chi connectivity index (χ1v) is 7.13. The SMILES string of the molecule is CCN(C(=O)CNC(CN(C)C)C(C)C)C1CC1. The fraction of sp³-hybridized carbons (Fsp3) is 0.929. The van der Waals surface area contributed by atoms with Crippen LogP contribution in [0.5, 0.6) is 0 Å². The van der Waals surface area contributed by atoms with Crippen molar-refractivity contribution in [1.82, 2.24) is 15.1 Å². The minimum absolute atomic E-state index is 0.254. The molecule has 0 aliphatic heterocycles. The summed E-state index contributed by atoms with van der Waals surface area (Å²) >= 11 is 0. The maximum absolute atomic E-state index is 12.1. The number of nitrogens with one attached hydrogen (secondary N) is 1. The van der Waals surface area contributed by atoms with E-state index >= 15 is 0 Å². The molecule has 0 aromatic heterocycles. The Hall–Kier alpha value is -0.610. The van der Waals surface area contributed by atoms with Crippen LogP contribution >= 0.6 is 0 Å². The summed E-state index contributed by atoms with van der Waals surface area (Å²) in [6.07, 6.45) is 2.37. The zero-order valence-electron chi connectivity index (χ0n) is 12.6. The molecule has 0 radical (unpaired) electrons. The number of carbonyl (C=O) groups is 1. The van der Waals surface area contributed by atoms with Gasteiger partial charge in [0.15, 0.2) is 0 Å². The van der Waals surface area contributed by atoms with Crippen molar-refractivity contribution in [2.75, 3.05) is 33.7 Å². The predicted molar refractivity (Wildman–Crippen MR) is 75.6 cm³/mol. The molecule has 1 atom stereocenters. The van der Waals surface area contributed by atoms with Crippen molar-refractivity contribution in [2.24, 2.45) is 5.92 Å². The second-order valence-corrected chi connectivity index (χ2v) is 5.90. The van der Waals surface area contributed by atoms with E-state index in [1.54, 1.807) is 0 Å². The Morgan fingerprint density at radius 1 is 1.33 bits per heavy atom. The highest BCUT2D eigenvalue weighted by Crippen LogP contribution is 2.26. The van der Waals surface area contributed by atoms with Gasteiger partial charge in [-0.2, -0.15) is 0 Å². The van der Waals surface area contributed by atoms with Crippen molar-refractivity contribution in [2.45, 2.75) is 45.7 Å². The van der Waals surface area contributed by atoms with Gasteiger partial charge in [0.25, 0.3) is 0 Å². The maximum atomic E-state index is 12.1. The predicted octanol–water partition coefficient (Wildman–Crippen LogP) is 1.17. The molecule has 18 heavy (non-hydrogen) atoms. The standard InChI is InChI=1S/C14H29N3O/c1-6-17(12-7-8-12)14(18)9-15-13(11(2)3)10-16(4)5/h11-13,15H,6-10H2,1-5H3. The number of hydrogen-bond donors (Lipinski definition) is 1. The second kappa shape index (κ2) is 7.10. The lowest BCUT2D eigenvalue weighted by Crippen LogP contribution is -2.47. The normalized spacial score (nSPS) is 17.3. The Morgan fingerprint density at radius 2 is 1.94 bits per heavy atom. The van der Waals surface area contributed by atoms with Gasteiger partial charge in [0.05, 0.1) is 6.54 Å². The summed E-state index contributed by atoms with van der Waals surface area (Å²) in [5.74, 6) is 0.792. The van der Waals surface area contributed by atoms with E-state index in [9.17, 15) is 4.79 Å². The van der Waals surface area contributed by atoms with E-state index in [0.29, 0.717) is 24.5 Å². The second-order valence-electron chi connectivity index (χ2n) is 5.90. The first-order chi connectivity index (χ1) is 8.45. The van der Waals surface area contributed by atoms with Crippen LogP contribution in [0.15, 0.2) is 0 Å². The number of amides is 1. The molecule has 1 aliphatic rings. The first kappa shape index (κ1) is 15.4. The molecule has 1 saturated carbocycles. The summed E-state index contributed by atoms with van der Waals surface area (Å²) in [5.41, 5.74) is 0. The minimum atomic E-state index is 0.254. The molecular formula is C14H29N3O. The van der Waals surface area contributed by atoms with Crippen LogP contribution in [0.1, 0.15) is 33.6 Å². The molecule has 1 N–H and O–H groups in total. The molecule has 1 amide bonds. The average molecular weight is 255 g/mol. The number of hydrogen-bond acceptors (Lipinski definition) is 3. The van der Waals surface area contributed by atoms with E-state index in [4.69, 9.17) is 0 Å². The topological polar surface area (TPSA) is 35.6 Å². The molecule has 4 nitrogen and oxygen atoms in total. The number of rotatable bonds is 8. The first-order valence-electron chi connectivity index (χ1n) is 7.13. The number of likely N-dealkylation sites (N-methyl/N-ethyl adjacent to an activating group) is 2. The highest BCUT2D eigenvalue weighted by Gasteiger charge is 2.31. The van der Waals surface area contributed by atoms with Crippen molar-refractivity contribution in [3.8, 4) is 0 Å². The van der Waals surface area contributed by atoms with Crippen molar-refractivity contribution in [1.29, 1.82) is 0 Å². The lowest BCUT2D eigenvalue weighted by molar-refractivity contribution is -0.130. The molecule has 0 bridgehead atoms. The van der Waals surface area contributed by atoms with E-state index < -0.39 is 0 Å². The van der Waals surface area contributed by atoms with Gasteiger partial charge in [-0.1, -0.05) is 13.8 Å². The Balaban J connectivity index is 2.38. The van der Waals surface area contributed by atoms with E-state index in [0.717, 1.165) is 13.1 Å². The van der Waals surface area contributed by atoms with Gasteiger partial charge in [0, 0.05) is 25.2 Å². The molecular weight excluding hydrogens is 226 g/mol. The Kier molecular flexibility index (Phi) is 6.09. The average Bonchev–Trinajstić information content (AvgIpc) is 3.08. The zero-order valence-corrected chi connectivity index (χ0v) is 12.6. The molecule has 106 valence electrons. The summed E-state index contributed by atoms with van der Waals surface area (Å²) in [4.78, 5) is 16.3. The molecule has 0 saturated heterocycles. The van der Waals surface area contributed by atoms with Crippen molar-refractivity contribution < 1.29 is 4.79 Å². The summed E-state index contributed by atoms with van der Waals surface area (Å²) in [7, 11) is 4.14. The lowest BCUT2D eigenvalue weighted by atomic mass is 10.0. The Morgan fingerprint density at radius 3 is 2.33 bits per heavy atom. The fourth-order valence-corrected chi connectivity index (χ4v) is 2.25. The smallest absolute Gasteiger partial charge is 0.236 e. The number of nitrogens with zero attached hydrogens (tertiary/aromatic N) is 2. The largest absolute Gasteiger partial charge is 0.339 e. The third-order valence-corrected chi connectivity index (χ3v) is 3.53. The third-order valence-electron chi connectivity index (χ3n) is 3.53. The van der Waals surface area contributed by atoms with Gasteiger partial charge in [0.1, 0.15) is 0 Å². The van der Waals surface area contributed by atoms with Gasteiger partial charge in [0.2, 0.25) is 5.91 Å². The van der Waals surface area contributed by atoms with Crippen LogP contribution in [0, 0.1) is 5.92 Å². The van der Waals surface area contributed by atoms with E-state index in [1.165, 1.54) is 12.8 Å². The van der Waals surface area contributed by atoms with Crippen molar-refractivity contribution in [3.63, 3.8) is 0 Å². The highest BCUT2D eigenvalue weighted by molar-refractivity contribution is 5.78. The van der Waals surface area contributed by atoms with Gasteiger partial charge in [-0.3, -0.25) is 4.79 Å². The van der Waals surface area contributed by atoms with Crippen LogP contribution < -0.4 is 5.32 Å². The van der Waals surface area contributed by atoms with Gasteiger partial charge < -0.3 is 15.1 Å². The summed E-state index contributed by atoms with van der Waals surface area (Å²) in [6.45, 7) is 8.75. The zero-order chi connectivity index (χ0) is 13.7. The van der Waals surface area contributed by atoms with E-state index in [1.807, 2.05) is 4.90 Å². The fourth-order valence-electron chi connectivity index (χ4n) is 2.25. The Labute approximate surface area is 112 Å². The molecule has 0 heterocycles. The van der Waals surface area contributed by atoms with Crippen LogP contribution in [0.3, 0.4) is 0 Å². The van der Waals surface area contributed by atoms with Gasteiger partial charge in [-0.15, -0.1) is 0 Å². The molecule has 0 aromatic rings. The van der Waals surface area contributed by atoms with Crippen LogP contribution in [0.4, 0.5) is 0 Å². The summed E-state index contributed by atoms with van der Waals surface area (Å²) in [6, 6.07) is 0.900. The van der Waals surface area contributed by atoms with E-state index in [2.05, 4.69) is 45.1 Å². The molecule has 1 unspecified atom stereocenters. The van der Waals surface area contributed by atoms with Crippen molar-refractivity contribution >= 4 is 5.91 Å². The molecule has 1 rings (SSSR count). The minimum Gasteiger partial charge on any atom is -0.339 e. The van der Waals surface area contributed by atoms with Crippen LogP contribution in [-0.4, -0.2) is 61.5 Å². The summed E-state index contributed by atoms with van der Waals surface area (Å²) in [5, 5.41) is 3.41. The monoisotopic (exact) mass is 255 g/mol.